The molecular weight excluding hydrogens is 238 g/mol. The Labute approximate surface area is 116 Å². The maximum Gasteiger partial charge on any atom is 0.133 e. The first-order chi connectivity index (χ1) is 9.24. The molecule has 2 heterocycles. The van der Waals surface area contributed by atoms with Crippen LogP contribution in [0, 0.1) is 6.92 Å². The number of ether oxygens (including phenoxy) is 1. The Morgan fingerprint density at radius 3 is 2.74 bits per heavy atom. The molecule has 0 aromatic carbocycles. The fourth-order valence-corrected chi connectivity index (χ4v) is 2.65. The van der Waals surface area contributed by atoms with E-state index in [2.05, 4.69) is 36.1 Å². The van der Waals surface area contributed by atoms with Crippen LogP contribution < -0.4 is 5.32 Å². The first kappa shape index (κ1) is 14.3. The van der Waals surface area contributed by atoms with Crippen molar-refractivity contribution < 1.29 is 4.74 Å². The van der Waals surface area contributed by atoms with E-state index >= 15 is 0 Å². The lowest BCUT2D eigenvalue weighted by Crippen LogP contribution is -2.23. The van der Waals surface area contributed by atoms with Crippen LogP contribution in [0.15, 0.2) is 0 Å². The molecule has 0 amide bonds. The second kappa shape index (κ2) is 6.85. The average molecular weight is 263 g/mol. The number of rotatable bonds is 5. The molecule has 1 aliphatic rings. The van der Waals surface area contributed by atoms with Crippen LogP contribution >= 0.6 is 0 Å². The quantitative estimate of drug-likeness (QED) is 0.887. The molecule has 2 rings (SSSR count). The maximum atomic E-state index is 5.78. The zero-order valence-electron chi connectivity index (χ0n) is 12.3. The molecule has 1 N–H and O–H groups in total. The Kier molecular flexibility index (Phi) is 5.14. The molecule has 4 nitrogen and oxygen atoms in total. The Morgan fingerprint density at radius 1 is 1.26 bits per heavy atom. The van der Waals surface area contributed by atoms with Gasteiger partial charge in [-0.25, -0.2) is 9.97 Å². The van der Waals surface area contributed by atoms with E-state index in [0.717, 1.165) is 49.8 Å². The van der Waals surface area contributed by atoms with Crippen molar-refractivity contribution in [1.29, 1.82) is 0 Å². The number of nitrogens with one attached hydrogen (secondary N) is 1. The van der Waals surface area contributed by atoms with Crippen molar-refractivity contribution in [2.75, 3.05) is 18.5 Å². The Bertz CT molecular complexity index is 414. The van der Waals surface area contributed by atoms with Gasteiger partial charge in [-0.1, -0.05) is 6.92 Å². The smallest absolute Gasteiger partial charge is 0.133 e. The van der Waals surface area contributed by atoms with E-state index in [4.69, 9.17) is 4.74 Å². The maximum absolute atomic E-state index is 5.78. The fraction of sp³-hybridized carbons (Fsp3) is 0.733. The number of hydrogen-bond acceptors (Lipinski definition) is 4. The molecular formula is C15H25N3O. The van der Waals surface area contributed by atoms with E-state index in [1.54, 1.807) is 0 Å². The van der Waals surface area contributed by atoms with Gasteiger partial charge in [0.15, 0.2) is 0 Å². The van der Waals surface area contributed by atoms with E-state index in [-0.39, 0.29) is 0 Å². The third-order valence-corrected chi connectivity index (χ3v) is 3.64. The minimum atomic E-state index is 0.301. The summed E-state index contributed by atoms with van der Waals surface area (Å²) in [6.45, 7) is 8.10. The highest BCUT2D eigenvalue weighted by molar-refractivity contribution is 5.46. The van der Waals surface area contributed by atoms with Crippen LogP contribution in [0.25, 0.3) is 0 Å². The third-order valence-electron chi connectivity index (χ3n) is 3.64. The largest absolute Gasteiger partial charge is 0.378 e. The molecule has 0 aliphatic carbocycles. The minimum absolute atomic E-state index is 0.301. The first-order valence-corrected chi connectivity index (χ1v) is 7.46. The predicted octanol–water partition coefficient (Wildman–Crippen LogP) is 2.89. The molecule has 0 radical (unpaired) electrons. The van der Waals surface area contributed by atoms with Gasteiger partial charge in [0.25, 0.3) is 0 Å². The molecule has 106 valence electrons. The van der Waals surface area contributed by atoms with Crippen molar-refractivity contribution in [3.05, 3.63) is 17.1 Å². The van der Waals surface area contributed by atoms with Crippen molar-refractivity contribution in [2.45, 2.75) is 59.0 Å². The highest BCUT2D eigenvalue weighted by Crippen LogP contribution is 2.20. The number of nitrogens with zero attached hydrogens (tertiary/aromatic N) is 2. The number of aryl methyl sites for hydroxylation is 1. The summed E-state index contributed by atoms with van der Waals surface area (Å²) >= 11 is 0. The standard InChI is InChI=1S/C15H25N3O/c1-4-13-11(3)17-14(18-15(13)16-5-2)10-12-8-6-7-9-19-12/h12H,4-10H2,1-3H3,(H,16,17,18). The normalized spacial score (nSPS) is 19.4. The van der Waals surface area contributed by atoms with Gasteiger partial charge in [-0.15, -0.1) is 0 Å². The average Bonchev–Trinajstić information content (AvgIpc) is 2.40. The van der Waals surface area contributed by atoms with E-state index in [1.165, 1.54) is 18.4 Å². The molecule has 4 heteroatoms. The van der Waals surface area contributed by atoms with E-state index in [0.29, 0.717) is 6.10 Å². The summed E-state index contributed by atoms with van der Waals surface area (Å²) in [5, 5.41) is 3.35. The fourth-order valence-electron chi connectivity index (χ4n) is 2.65. The van der Waals surface area contributed by atoms with Gasteiger partial charge in [-0.3, -0.25) is 0 Å². The summed E-state index contributed by atoms with van der Waals surface area (Å²) in [6, 6.07) is 0. The lowest BCUT2D eigenvalue weighted by Gasteiger charge is -2.22. The molecule has 1 saturated heterocycles. The van der Waals surface area contributed by atoms with Gasteiger partial charge >= 0.3 is 0 Å². The number of anilines is 1. The number of aromatic nitrogens is 2. The second-order valence-electron chi connectivity index (χ2n) is 5.13. The molecule has 0 spiro atoms. The number of hydrogen-bond donors (Lipinski definition) is 1. The zero-order valence-corrected chi connectivity index (χ0v) is 12.3. The van der Waals surface area contributed by atoms with E-state index in [1.807, 2.05) is 0 Å². The summed E-state index contributed by atoms with van der Waals surface area (Å²) in [4.78, 5) is 9.34. The van der Waals surface area contributed by atoms with Crippen molar-refractivity contribution in [2.24, 2.45) is 0 Å². The van der Waals surface area contributed by atoms with Gasteiger partial charge in [-0.2, -0.15) is 0 Å². The monoisotopic (exact) mass is 263 g/mol. The summed E-state index contributed by atoms with van der Waals surface area (Å²) in [7, 11) is 0. The third kappa shape index (κ3) is 3.66. The van der Waals surface area contributed by atoms with Gasteiger partial charge < -0.3 is 10.1 Å². The van der Waals surface area contributed by atoms with Gasteiger partial charge in [0.2, 0.25) is 0 Å². The minimum Gasteiger partial charge on any atom is -0.378 e. The predicted molar refractivity (Wildman–Crippen MR) is 77.6 cm³/mol. The summed E-state index contributed by atoms with van der Waals surface area (Å²) in [5.74, 6) is 1.92. The van der Waals surface area contributed by atoms with Gasteiger partial charge in [0.1, 0.15) is 11.6 Å². The van der Waals surface area contributed by atoms with Gasteiger partial charge in [0, 0.05) is 30.8 Å². The highest BCUT2D eigenvalue weighted by Gasteiger charge is 2.17. The van der Waals surface area contributed by atoms with Gasteiger partial charge in [-0.05, 0) is 39.5 Å². The molecule has 1 atom stereocenters. The van der Waals surface area contributed by atoms with E-state index < -0.39 is 0 Å². The van der Waals surface area contributed by atoms with Crippen LogP contribution in [0.3, 0.4) is 0 Å². The lowest BCUT2D eigenvalue weighted by atomic mass is 10.1. The molecule has 1 aliphatic heterocycles. The Morgan fingerprint density at radius 2 is 2.11 bits per heavy atom. The molecule has 1 aromatic rings. The van der Waals surface area contributed by atoms with Crippen LogP contribution in [-0.2, 0) is 17.6 Å². The first-order valence-electron chi connectivity index (χ1n) is 7.46. The van der Waals surface area contributed by atoms with Crippen LogP contribution in [0.2, 0.25) is 0 Å². The zero-order chi connectivity index (χ0) is 13.7. The van der Waals surface area contributed by atoms with Crippen molar-refractivity contribution in [1.82, 2.24) is 9.97 Å². The van der Waals surface area contributed by atoms with E-state index in [9.17, 15) is 0 Å². The summed E-state index contributed by atoms with van der Waals surface area (Å²) in [6.07, 6.45) is 5.69. The van der Waals surface area contributed by atoms with Crippen molar-refractivity contribution >= 4 is 5.82 Å². The SMILES string of the molecule is CCNc1nc(CC2CCCCO2)nc(C)c1CC. The van der Waals surface area contributed by atoms with Crippen LogP contribution in [0.5, 0.6) is 0 Å². The summed E-state index contributed by atoms with van der Waals surface area (Å²) < 4.78 is 5.78. The molecule has 1 fully saturated rings. The topological polar surface area (TPSA) is 47.0 Å². The Hall–Kier alpha value is -1.16. The molecule has 19 heavy (non-hydrogen) atoms. The molecule has 0 bridgehead atoms. The van der Waals surface area contributed by atoms with Gasteiger partial charge in [0.05, 0.1) is 6.10 Å². The van der Waals surface area contributed by atoms with Crippen LogP contribution in [0.4, 0.5) is 5.82 Å². The Balaban J connectivity index is 2.15. The molecule has 1 aromatic heterocycles. The molecule has 0 saturated carbocycles. The highest BCUT2D eigenvalue weighted by atomic mass is 16.5. The van der Waals surface area contributed by atoms with Crippen LogP contribution in [-0.4, -0.2) is 29.2 Å². The second-order valence-corrected chi connectivity index (χ2v) is 5.13. The summed E-state index contributed by atoms with van der Waals surface area (Å²) in [5.41, 5.74) is 2.33. The van der Waals surface area contributed by atoms with Crippen LogP contribution in [0.1, 0.15) is 50.2 Å². The molecule has 1 unspecified atom stereocenters. The van der Waals surface area contributed by atoms with Crippen molar-refractivity contribution in [3.8, 4) is 0 Å². The van der Waals surface area contributed by atoms with Crippen molar-refractivity contribution in [3.63, 3.8) is 0 Å². The lowest BCUT2D eigenvalue weighted by molar-refractivity contribution is 0.0156.